The molecule has 0 bridgehead atoms. The maximum atomic E-state index is 6.00. The molecular formula is C14H16Cl2N2O2S. The Morgan fingerprint density at radius 1 is 1.14 bits per heavy atom. The highest BCUT2D eigenvalue weighted by Crippen LogP contribution is 2.31. The van der Waals surface area contributed by atoms with Gasteiger partial charge in [0, 0.05) is 31.6 Å². The summed E-state index contributed by atoms with van der Waals surface area (Å²) >= 11 is 17.4. The van der Waals surface area contributed by atoms with Gasteiger partial charge in [0.05, 0.1) is 23.3 Å². The quantitative estimate of drug-likeness (QED) is 0.786. The first-order valence-electron chi connectivity index (χ1n) is 6.87. The van der Waals surface area contributed by atoms with Gasteiger partial charge >= 0.3 is 0 Å². The van der Waals surface area contributed by atoms with Crippen molar-refractivity contribution in [1.29, 1.82) is 0 Å². The second-order valence-electron chi connectivity index (χ2n) is 5.15. The van der Waals surface area contributed by atoms with E-state index in [2.05, 4.69) is 10.2 Å². The summed E-state index contributed by atoms with van der Waals surface area (Å²) in [6, 6.07) is 5.38. The average molecular weight is 347 g/mol. The second-order valence-corrected chi connectivity index (χ2v) is 6.35. The summed E-state index contributed by atoms with van der Waals surface area (Å²) in [5, 5.41) is 4.91. The number of benzene rings is 1. The number of nitrogens with one attached hydrogen (secondary N) is 1. The van der Waals surface area contributed by atoms with Crippen molar-refractivity contribution < 1.29 is 9.47 Å². The van der Waals surface area contributed by atoms with Crippen LogP contribution in [0, 0.1) is 0 Å². The number of halogens is 2. The van der Waals surface area contributed by atoms with E-state index in [1.165, 1.54) is 0 Å². The fourth-order valence-electron chi connectivity index (χ4n) is 2.61. The van der Waals surface area contributed by atoms with Crippen molar-refractivity contribution in [3.8, 4) is 0 Å². The summed E-state index contributed by atoms with van der Waals surface area (Å²) in [7, 11) is 0. The highest BCUT2D eigenvalue weighted by molar-refractivity contribution is 7.80. The summed E-state index contributed by atoms with van der Waals surface area (Å²) in [6.45, 7) is 3.00. The highest BCUT2D eigenvalue weighted by Gasteiger charge is 2.40. The Morgan fingerprint density at radius 3 is 2.43 bits per heavy atom. The molecule has 0 aliphatic carbocycles. The van der Waals surface area contributed by atoms with Crippen LogP contribution >= 0.6 is 35.4 Å². The van der Waals surface area contributed by atoms with Crippen molar-refractivity contribution in [2.75, 3.05) is 31.6 Å². The minimum absolute atomic E-state index is 0.379. The van der Waals surface area contributed by atoms with Gasteiger partial charge in [0.1, 0.15) is 0 Å². The molecule has 1 N–H and O–H groups in total. The minimum atomic E-state index is -0.379. The highest BCUT2D eigenvalue weighted by atomic mass is 35.5. The van der Waals surface area contributed by atoms with Crippen LogP contribution in [0.25, 0.3) is 0 Å². The van der Waals surface area contributed by atoms with Crippen molar-refractivity contribution in [2.24, 2.45) is 0 Å². The van der Waals surface area contributed by atoms with Gasteiger partial charge in [-0.3, -0.25) is 0 Å². The molecular weight excluding hydrogens is 331 g/mol. The maximum absolute atomic E-state index is 6.00. The fourth-order valence-corrected chi connectivity index (χ4v) is 3.21. The molecule has 3 rings (SSSR count). The number of nitrogens with zero attached hydrogens (tertiary/aromatic N) is 1. The van der Waals surface area contributed by atoms with Gasteiger partial charge in [0.2, 0.25) is 0 Å². The molecule has 1 aromatic carbocycles. The van der Waals surface area contributed by atoms with Gasteiger partial charge in [0.15, 0.2) is 10.9 Å². The molecule has 2 aliphatic rings. The van der Waals surface area contributed by atoms with Crippen molar-refractivity contribution in [3.05, 3.63) is 28.2 Å². The van der Waals surface area contributed by atoms with Crippen molar-refractivity contribution in [2.45, 2.75) is 18.6 Å². The van der Waals surface area contributed by atoms with E-state index >= 15 is 0 Å². The second kappa shape index (κ2) is 6.26. The molecule has 0 radical (unpaired) electrons. The maximum Gasteiger partial charge on any atom is 0.173 e. The first kappa shape index (κ1) is 15.3. The van der Waals surface area contributed by atoms with E-state index in [0.717, 1.165) is 31.6 Å². The molecule has 0 unspecified atom stereocenters. The molecule has 1 spiro atoms. The summed E-state index contributed by atoms with van der Waals surface area (Å²) in [5.74, 6) is -0.379. The van der Waals surface area contributed by atoms with Gasteiger partial charge in [-0.15, -0.1) is 0 Å². The molecule has 2 fully saturated rings. The van der Waals surface area contributed by atoms with E-state index < -0.39 is 0 Å². The predicted octanol–water partition coefficient (Wildman–Crippen LogP) is 3.53. The van der Waals surface area contributed by atoms with Gasteiger partial charge in [-0.2, -0.15) is 0 Å². The Bertz CT molecular complexity index is 540. The number of ether oxygens (including phenoxy) is 2. The van der Waals surface area contributed by atoms with E-state index in [-0.39, 0.29) is 5.79 Å². The minimum Gasteiger partial charge on any atom is -0.349 e. The summed E-state index contributed by atoms with van der Waals surface area (Å²) in [6.07, 6.45) is 1.66. The first-order chi connectivity index (χ1) is 10.1. The van der Waals surface area contributed by atoms with Crippen LogP contribution in [-0.2, 0) is 9.47 Å². The van der Waals surface area contributed by atoms with Crippen molar-refractivity contribution in [1.82, 2.24) is 4.90 Å². The summed E-state index contributed by atoms with van der Waals surface area (Å²) in [5.41, 5.74) is 0.836. The third-order valence-electron chi connectivity index (χ3n) is 3.80. The molecule has 4 nitrogen and oxygen atoms in total. The van der Waals surface area contributed by atoms with Gasteiger partial charge in [-0.25, -0.2) is 0 Å². The number of hydrogen-bond donors (Lipinski definition) is 1. The Morgan fingerprint density at radius 2 is 1.81 bits per heavy atom. The van der Waals surface area contributed by atoms with Crippen LogP contribution < -0.4 is 5.32 Å². The van der Waals surface area contributed by atoms with E-state index in [0.29, 0.717) is 28.4 Å². The Labute approximate surface area is 139 Å². The SMILES string of the molecule is S=C(Nc1ccc(Cl)c(Cl)c1)N1CCC2(CC1)OCCO2. The predicted molar refractivity (Wildman–Crippen MR) is 88.1 cm³/mol. The lowest BCUT2D eigenvalue weighted by atomic mass is 10.0. The molecule has 114 valence electrons. The average Bonchev–Trinajstić information content (AvgIpc) is 2.92. The number of rotatable bonds is 1. The summed E-state index contributed by atoms with van der Waals surface area (Å²) < 4.78 is 11.4. The van der Waals surface area contributed by atoms with Crippen LogP contribution in [0.15, 0.2) is 18.2 Å². The third-order valence-corrected chi connectivity index (χ3v) is 4.90. The normalized spacial score (nSPS) is 20.8. The Hall–Kier alpha value is -0.590. The molecule has 21 heavy (non-hydrogen) atoms. The van der Waals surface area contributed by atoms with E-state index in [4.69, 9.17) is 44.9 Å². The molecule has 2 aliphatic heterocycles. The van der Waals surface area contributed by atoms with Crippen LogP contribution in [-0.4, -0.2) is 42.1 Å². The summed E-state index contributed by atoms with van der Waals surface area (Å²) in [4.78, 5) is 2.12. The van der Waals surface area contributed by atoms with E-state index in [9.17, 15) is 0 Å². The van der Waals surface area contributed by atoms with Crippen LogP contribution in [0.4, 0.5) is 5.69 Å². The molecule has 0 atom stereocenters. The lowest BCUT2D eigenvalue weighted by Gasteiger charge is -2.38. The van der Waals surface area contributed by atoms with Gasteiger partial charge in [-0.05, 0) is 30.4 Å². The molecule has 1 aromatic rings. The van der Waals surface area contributed by atoms with Crippen LogP contribution in [0.3, 0.4) is 0 Å². The van der Waals surface area contributed by atoms with Gasteiger partial charge in [-0.1, -0.05) is 23.2 Å². The molecule has 2 saturated heterocycles. The number of anilines is 1. The monoisotopic (exact) mass is 346 g/mol. The molecule has 0 amide bonds. The zero-order chi connectivity index (χ0) is 14.9. The van der Waals surface area contributed by atoms with Crippen molar-refractivity contribution in [3.63, 3.8) is 0 Å². The van der Waals surface area contributed by atoms with Gasteiger partial charge < -0.3 is 19.7 Å². The molecule has 0 aromatic heterocycles. The standard InChI is InChI=1S/C14H16Cl2N2O2S/c15-11-2-1-10(9-12(11)16)17-13(21)18-5-3-14(4-6-18)19-7-8-20-14/h1-2,9H,3-8H2,(H,17,21). The number of thiocarbonyl (C=S) groups is 1. The third kappa shape index (κ3) is 3.43. The number of likely N-dealkylation sites (tertiary alicyclic amines) is 1. The van der Waals surface area contributed by atoms with E-state index in [1.54, 1.807) is 12.1 Å². The zero-order valence-corrected chi connectivity index (χ0v) is 13.7. The molecule has 0 saturated carbocycles. The lowest BCUT2D eigenvalue weighted by Crippen LogP contribution is -2.48. The zero-order valence-electron chi connectivity index (χ0n) is 11.4. The topological polar surface area (TPSA) is 33.7 Å². The fraction of sp³-hybridized carbons (Fsp3) is 0.500. The molecule has 7 heteroatoms. The van der Waals surface area contributed by atoms with Crippen LogP contribution in [0.2, 0.25) is 10.0 Å². The van der Waals surface area contributed by atoms with E-state index in [1.807, 2.05) is 6.07 Å². The lowest BCUT2D eigenvalue weighted by molar-refractivity contribution is -0.180. The van der Waals surface area contributed by atoms with Crippen molar-refractivity contribution >= 4 is 46.2 Å². The number of hydrogen-bond acceptors (Lipinski definition) is 3. The van der Waals surface area contributed by atoms with Crippen LogP contribution in [0.5, 0.6) is 0 Å². The van der Waals surface area contributed by atoms with Gasteiger partial charge in [0.25, 0.3) is 0 Å². The Balaban J connectivity index is 1.57. The number of piperidine rings is 1. The largest absolute Gasteiger partial charge is 0.349 e. The Kier molecular flexibility index (Phi) is 4.57. The smallest absolute Gasteiger partial charge is 0.173 e. The van der Waals surface area contributed by atoms with Crippen LogP contribution in [0.1, 0.15) is 12.8 Å². The molecule has 2 heterocycles. The first-order valence-corrected chi connectivity index (χ1v) is 8.03.